The van der Waals surface area contributed by atoms with Crippen LogP contribution in [0.1, 0.15) is 23.6 Å². The fourth-order valence-electron chi connectivity index (χ4n) is 3.14. The second-order valence-electron chi connectivity index (χ2n) is 6.59. The summed E-state index contributed by atoms with van der Waals surface area (Å²) < 4.78 is 11.4. The first kappa shape index (κ1) is 17.3. The van der Waals surface area contributed by atoms with Gasteiger partial charge in [0.15, 0.2) is 0 Å². The zero-order valence-corrected chi connectivity index (χ0v) is 15.1. The first-order valence-corrected chi connectivity index (χ1v) is 8.76. The molecule has 132 valence electrons. The van der Waals surface area contributed by atoms with Crippen molar-refractivity contribution in [3.8, 4) is 11.5 Å². The molecule has 1 heterocycles. The molecule has 3 rings (SSSR count). The van der Waals surface area contributed by atoms with Gasteiger partial charge < -0.3 is 14.4 Å². The first-order valence-electron chi connectivity index (χ1n) is 8.76. The zero-order valence-electron chi connectivity index (χ0n) is 15.1. The number of fused-ring (bicyclic) bond motifs is 1. The lowest BCUT2D eigenvalue weighted by molar-refractivity contribution is -0.136. The summed E-state index contributed by atoms with van der Waals surface area (Å²) in [7, 11) is 1.86. The van der Waals surface area contributed by atoms with E-state index in [-0.39, 0.29) is 11.8 Å². The zero-order chi connectivity index (χ0) is 17.8. The summed E-state index contributed by atoms with van der Waals surface area (Å²) in [5, 5.41) is 0. The Morgan fingerprint density at radius 3 is 2.72 bits per heavy atom. The highest BCUT2D eigenvalue weighted by Gasteiger charge is 2.28. The molecule has 1 unspecified atom stereocenters. The van der Waals surface area contributed by atoms with Crippen LogP contribution in [0.3, 0.4) is 0 Å². The van der Waals surface area contributed by atoms with E-state index in [1.807, 2.05) is 32.2 Å². The van der Waals surface area contributed by atoms with Gasteiger partial charge in [-0.15, -0.1) is 0 Å². The normalized spacial score (nSPS) is 15.9. The summed E-state index contributed by atoms with van der Waals surface area (Å²) in [6.45, 7) is 5.69. The molecule has 4 heteroatoms. The SMILES string of the molecule is CCOc1ccc2c(c1)CC(C(=O)N(C)Cc1ccc(C)cc1)CO2. The van der Waals surface area contributed by atoms with E-state index in [0.717, 1.165) is 22.6 Å². The van der Waals surface area contributed by atoms with Gasteiger partial charge in [-0.05, 0) is 49.6 Å². The lowest BCUT2D eigenvalue weighted by Gasteiger charge is -2.28. The molecule has 1 aliphatic heterocycles. The van der Waals surface area contributed by atoms with Crippen LogP contribution in [0, 0.1) is 12.8 Å². The maximum Gasteiger partial charge on any atom is 0.229 e. The molecule has 4 nitrogen and oxygen atoms in total. The monoisotopic (exact) mass is 339 g/mol. The predicted octanol–water partition coefficient (Wildman–Crippen LogP) is 3.60. The van der Waals surface area contributed by atoms with Crippen LogP contribution in [-0.4, -0.2) is 31.1 Å². The molecule has 2 aromatic rings. The van der Waals surface area contributed by atoms with Crippen LogP contribution in [0.15, 0.2) is 42.5 Å². The quantitative estimate of drug-likeness (QED) is 0.835. The molecular weight excluding hydrogens is 314 g/mol. The lowest BCUT2D eigenvalue weighted by atomic mass is 9.95. The summed E-state index contributed by atoms with van der Waals surface area (Å²) in [5.74, 6) is 1.65. The highest BCUT2D eigenvalue weighted by atomic mass is 16.5. The van der Waals surface area contributed by atoms with E-state index < -0.39 is 0 Å². The van der Waals surface area contributed by atoms with Gasteiger partial charge in [0, 0.05) is 13.6 Å². The number of carbonyl (C=O) groups excluding carboxylic acids is 1. The van der Waals surface area contributed by atoms with Crippen molar-refractivity contribution >= 4 is 5.91 Å². The minimum absolute atomic E-state index is 0.119. The largest absolute Gasteiger partial charge is 0.494 e. The topological polar surface area (TPSA) is 38.8 Å². The van der Waals surface area contributed by atoms with Crippen molar-refractivity contribution in [2.45, 2.75) is 26.8 Å². The summed E-state index contributed by atoms with van der Waals surface area (Å²) in [5.41, 5.74) is 3.40. The molecule has 0 bridgehead atoms. The van der Waals surface area contributed by atoms with Gasteiger partial charge in [-0.1, -0.05) is 29.8 Å². The van der Waals surface area contributed by atoms with Crippen molar-refractivity contribution in [3.63, 3.8) is 0 Å². The van der Waals surface area contributed by atoms with Gasteiger partial charge in [0.1, 0.15) is 18.1 Å². The second-order valence-corrected chi connectivity index (χ2v) is 6.59. The number of hydrogen-bond acceptors (Lipinski definition) is 3. The minimum Gasteiger partial charge on any atom is -0.494 e. The second kappa shape index (κ2) is 7.60. The molecule has 1 amide bonds. The van der Waals surface area contributed by atoms with Crippen molar-refractivity contribution in [2.24, 2.45) is 5.92 Å². The van der Waals surface area contributed by atoms with E-state index in [1.54, 1.807) is 4.90 Å². The number of hydrogen-bond donors (Lipinski definition) is 0. The smallest absolute Gasteiger partial charge is 0.229 e. The van der Waals surface area contributed by atoms with E-state index in [9.17, 15) is 4.79 Å². The highest BCUT2D eigenvalue weighted by Crippen LogP contribution is 2.31. The number of carbonyl (C=O) groups is 1. The molecule has 0 fully saturated rings. The van der Waals surface area contributed by atoms with E-state index in [0.29, 0.717) is 26.2 Å². The summed E-state index contributed by atoms with van der Waals surface area (Å²) in [6, 6.07) is 14.1. The van der Waals surface area contributed by atoms with E-state index in [2.05, 4.69) is 31.2 Å². The molecule has 0 saturated heterocycles. The van der Waals surface area contributed by atoms with Gasteiger partial charge in [0.05, 0.1) is 12.5 Å². The van der Waals surface area contributed by atoms with Gasteiger partial charge in [-0.3, -0.25) is 4.79 Å². The Morgan fingerprint density at radius 1 is 1.24 bits per heavy atom. The standard InChI is InChI=1S/C21H25NO3/c1-4-24-19-9-10-20-17(12-19)11-18(14-25-20)21(23)22(3)13-16-7-5-15(2)6-8-16/h5-10,12,18H,4,11,13-14H2,1-3H3. The number of ether oxygens (including phenoxy) is 2. The Hall–Kier alpha value is -2.49. The summed E-state index contributed by atoms with van der Waals surface area (Å²) >= 11 is 0. The van der Waals surface area contributed by atoms with Gasteiger partial charge in [0.25, 0.3) is 0 Å². The van der Waals surface area contributed by atoms with Gasteiger partial charge in [-0.2, -0.15) is 0 Å². The van der Waals surface area contributed by atoms with E-state index in [4.69, 9.17) is 9.47 Å². The van der Waals surface area contributed by atoms with Crippen molar-refractivity contribution in [1.29, 1.82) is 0 Å². The first-order chi connectivity index (χ1) is 12.1. The predicted molar refractivity (Wildman–Crippen MR) is 98.0 cm³/mol. The molecule has 25 heavy (non-hydrogen) atoms. The highest BCUT2D eigenvalue weighted by molar-refractivity contribution is 5.79. The Kier molecular flexibility index (Phi) is 5.27. The molecule has 0 N–H and O–H groups in total. The molecule has 0 aliphatic carbocycles. The Labute approximate surface area is 149 Å². The number of benzene rings is 2. The third kappa shape index (κ3) is 4.13. The van der Waals surface area contributed by atoms with Crippen molar-refractivity contribution in [3.05, 3.63) is 59.2 Å². The van der Waals surface area contributed by atoms with E-state index >= 15 is 0 Å². The maximum atomic E-state index is 12.8. The Bertz CT molecular complexity index is 739. The van der Waals surface area contributed by atoms with Crippen molar-refractivity contribution in [1.82, 2.24) is 4.90 Å². The molecule has 0 aromatic heterocycles. The van der Waals surface area contributed by atoms with Crippen LogP contribution in [0.5, 0.6) is 11.5 Å². The fraction of sp³-hybridized carbons (Fsp3) is 0.381. The Morgan fingerprint density at radius 2 is 2.00 bits per heavy atom. The summed E-state index contributed by atoms with van der Waals surface area (Å²) in [6.07, 6.45) is 0.688. The fourth-order valence-corrected chi connectivity index (χ4v) is 3.14. The van der Waals surface area contributed by atoms with Gasteiger partial charge in [0.2, 0.25) is 5.91 Å². The van der Waals surface area contributed by atoms with Crippen LogP contribution >= 0.6 is 0 Å². The molecule has 0 radical (unpaired) electrons. The minimum atomic E-state index is -0.153. The molecule has 1 atom stereocenters. The maximum absolute atomic E-state index is 12.8. The average Bonchev–Trinajstić information content (AvgIpc) is 2.62. The van der Waals surface area contributed by atoms with Crippen LogP contribution in [0.25, 0.3) is 0 Å². The van der Waals surface area contributed by atoms with E-state index in [1.165, 1.54) is 5.56 Å². The Balaban J connectivity index is 1.66. The van der Waals surface area contributed by atoms with Crippen LogP contribution in [-0.2, 0) is 17.8 Å². The van der Waals surface area contributed by atoms with Crippen LogP contribution in [0.4, 0.5) is 0 Å². The van der Waals surface area contributed by atoms with Crippen molar-refractivity contribution < 1.29 is 14.3 Å². The number of rotatable bonds is 5. The number of nitrogens with zero attached hydrogens (tertiary/aromatic N) is 1. The lowest BCUT2D eigenvalue weighted by Crippen LogP contribution is -2.38. The summed E-state index contributed by atoms with van der Waals surface area (Å²) in [4.78, 5) is 14.6. The van der Waals surface area contributed by atoms with Crippen LogP contribution < -0.4 is 9.47 Å². The van der Waals surface area contributed by atoms with Gasteiger partial charge in [-0.25, -0.2) is 0 Å². The molecule has 2 aromatic carbocycles. The molecule has 0 saturated carbocycles. The molecule has 0 spiro atoms. The third-order valence-corrected chi connectivity index (χ3v) is 4.52. The van der Waals surface area contributed by atoms with Gasteiger partial charge >= 0.3 is 0 Å². The van der Waals surface area contributed by atoms with Crippen molar-refractivity contribution in [2.75, 3.05) is 20.3 Å². The number of aryl methyl sites for hydroxylation is 1. The molecular formula is C21H25NO3. The third-order valence-electron chi connectivity index (χ3n) is 4.52. The van der Waals surface area contributed by atoms with Crippen LogP contribution in [0.2, 0.25) is 0 Å². The average molecular weight is 339 g/mol. The number of amides is 1. The molecule has 1 aliphatic rings.